The number of allylic oxidation sites excluding steroid dienone is 1. The average Bonchev–Trinajstić information content (AvgIpc) is 2.19. The van der Waals surface area contributed by atoms with E-state index in [9.17, 15) is 4.79 Å². The summed E-state index contributed by atoms with van der Waals surface area (Å²) in [6, 6.07) is 7.43. The van der Waals surface area contributed by atoms with Crippen molar-refractivity contribution < 1.29 is 9.53 Å². The molecule has 0 atom stereocenters. The Morgan fingerprint density at radius 1 is 1.31 bits per heavy atom. The van der Waals surface area contributed by atoms with Crippen LogP contribution in [0.1, 0.15) is 0 Å². The summed E-state index contributed by atoms with van der Waals surface area (Å²) in [6.07, 6.45) is 3.69. The van der Waals surface area contributed by atoms with Crippen LogP contribution in [-0.4, -0.2) is 13.4 Å². The maximum absolute atomic E-state index is 9.95. The zero-order valence-electron chi connectivity index (χ0n) is 7.36. The molecule has 0 unspecified atom stereocenters. The zero-order chi connectivity index (χ0) is 9.52. The first-order valence-electron chi connectivity index (χ1n) is 3.87. The molecule has 0 aromatic heterocycles. The molecule has 0 aliphatic carbocycles. The summed E-state index contributed by atoms with van der Waals surface area (Å²) in [4.78, 5) is 9.95. The topological polar surface area (TPSA) is 38.3 Å². The van der Waals surface area contributed by atoms with Gasteiger partial charge in [0.1, 0.15) is 12.0 Å². The Hall–Kier alpha value is -1.77. The highest BCUT2D eigenvalue weighted by molar-refractivity contribution is 5.65. The van der Waals surface area contributed by atoms with E-state index >= 15 is 0 Å². The van der Waals surface area contributed by atoms with Gasteiger partial charge in [0.05, 0.1) is 7.11 Å². The minimum Gasteiger partial charge on any atom is -0.497 e. The van der Waals surface area contributed by atoms with E-state index in [1.54, 1.807) is 13.3 Å². The summed E-state index contributed by atoms with van der Waals surface area (Å²) in [5.41, 5.74) is 0.916. The van der Waals surface area contributed by atoms with E-state index in [0.29, 0.717) is 0 Å². The van der Waals surface area contributed by atoms with Crippen molar-refractivity contribution in [3.8, 4) is 5.75 Å². The molecule has 0 aliphatic rings. The van der Waals surface area contributed by atoms with Crippen molar-refractivity contribution >= 4 is 12.0 Å². The lowest BCUT2D eigenvalue weighted by molar-refractivity contribution is -0.104. The van der Waals surface area contributed by atoms with Crippen LogP contribution in [0.15, 0.2) is 36.5 Å². The van der Waals surface area contributed by atoms with Gasteiger partial charge in [-0.2, -0.15) is 0 Å². The number of carbonyl (C=O) groups is 1. The molecule has 0 bridgehead atoms. The molecule has 0 radical (unpaired) electrons. The first kappa shape index (κ1) is 9.32. The molecule has 0 aliphatic heterocycles. The number of ether oxygens (including phenoxy) is 1. The first-order valence-corrected chi connectivity index (χ1v) is 3.87. The molecule has 1 N–H and O–H groups in total. The molecule has 3 nitrogen and oxygen atoms in total. The van der Waals surface area contributed by atoms with E-state index in [1.165, 1.54) is 6.08 Å². The van der Waals surface area contributed by atoms with E-state index in [4.69, 9.17) is 4.74 Å². The van der Waals surface area contributed by atoms with Crippen LogP contribution >= 0.6 is 0 Å². The summed E-state index contributed by atoms with van der Waals surface area (Å²) in [6.45, 7) is 0. The number of anilines is 1. The minimum atomic E-state index is 0.719. The number of methoxy groups -OCH3 is 1. The van der Waals surface area contributed by atoms with Crippen LogP contribution in [0.5, 0.6) is 5.75 Å². The largest absolute Gasteiger partial charge is 0.497 e. The van der Waals surface area contributed by atoms with Gasteiger partial charge in [0.25, 0.3) is 0 Å². The van der Waals surface area contributed by atoms with Gasteiger partial charge >= 0.3 is 0 Å². The minimum absolute atomic E-state index is 0.719. The fourth-order valence-corrected chi connectivity index (χ4v) is 0.871. The highest BCUT2D eigenvalue weighted by Gasteiger charge is 1.89. The van der Waals surface area contributed by atoms with Gasteiger partial charge in [0.15, 0.2) is 0 Å². The number of carbonyl (C=O) groups excluding carboxylic acids is 1. The molecule has 3 heteroatoms. The average molecular weight is 177 g/mol. The molecule has 0 fully saturated rings. The molecule has 13 heavy (non-hydrogen) atoms. The van der Waals surface area contributed by atoms with Gasteiger partial charge in [-0.15, -0.1) is 0 Å². The Kier molecular flexibility index (Phi) is 3.57. The SMILES string of the molecule is COc1ccc(N/C=C/C=O)cc1. The fraction of sp³-hybridized carbons (Fsp3) is 0.100. The van der Waals surface area contributed by atoms with Gasteiger partial charge in [0, 0.05) is 11.9 Å². The van der Waals surface area contributed by atoms with Crippen molar-refractivity contribution in [3.63, 3.8) is 0 Å². The fourth-order valence-electron chi connectivity index (χ4n) is 0.871. The third kappa shape index (κ3) is 2.99. The monoisotopic (exact) mass is 177 g/mol. The molecule has 68 valence electrons. The maximum Gasteiger partial charge on any atom is 0.144 e. The molecule has 0 saturated heterocycles. The van der Waals surface area contributed by atoms with Gasteiger partial charge in [-0.05, 0) is 30.3 Å². The van der Waals surface area contributed by atoms with Gasteiger partial charge < -0.3 is 10.1 Å². The standard InChI is InChI=1S/C10H11NO2/c1-13-10-5-3-9(4-6-10)11-7-2-8-12/h2-8,11H,1H3/b7-2+. The van der Waals surface area contributed by atoms with Crippen LogP contribution in [-0.2, 0) is 4.79 Å². The summed E-state index contributed by atoms with van der Waals surface area (Å²) in [5.74, 6) is 0.810. The number of rotatable bonds is 4. The van der Waals surface area contributed by atoms with E-state index in [2.05, 4.69) is 5.32 Å². The van der Waals surface area contributed by atoms with Crippen molar-refractivity contribution in [1.82, 2.24) is 0 Å². The number of aldehydes is 1. The van der Waals surface area contributed by atoms with Crippen LogP contribution in [0.25, 0.3) is 0 Å². The lowest BCUT2D eigenvalue weighted by Crippen LogP contribution is -1.87. The lowest BCUT2D eigenvalue weighted by atomic mass is 10.3. The Balaban J connectivity index is 2.58. The zero-order valence-corrected chi connectivity index (χ0v) is 7.36. The van der Waals surface area contributed by atoms with Crippen molar-refractivity contribution in [2.75, 3.05) is 12.4 Å². The molecule has 1 rings (SSSR count). The van der Waals surface area contributed by atoms with Crippen molar-refractivity contribution in [3.05, 3.63) is 36.5 Å². The molecule has 0 heterocycles. The molecular weight excluding hydrogens is 166 g/mol. The Bertz CT molecular complexity index is 290. The number of hydrogen-bond donors (Lipinski definition) is 1. The van der Waals surface area contributed by atoms with E-state index in [0.717, 1.165) is 17.7 Å². The predicted octanol–water partition coefficient (Wildman–Crippen LogP) is 1.82. The highest BCUT2D eigenvalue weighted by Crippen LogP contribution is 2.14. The predicted molar refractivity (Wildman–Crippen MR) is 51.8 cm³/mol. The lowest BCUT2D eigenvalue weighted by Gasteiger charge is -2.01. The molecule has 0 amide bonds. The Morgan fingerprint density at radius 2 is 2.00 bits per heavy atom. The van der Waals surface area contributed by atoms with E-state index < -0.39 is 0 Å². The number of hydrogen-bond acceptors (Lipinski definition) is 3. The van der Waals surface area contributed by atoms with Crippen LogP contribution in [0, 0.1) is 0 Å². The van der Waals surface area contributed by atoms with Crippen LogP contribution < -0.4 is 10.1 Å². The summed E-state index contributed by atoms with van der Waals surface area (Å²) >= 11 is 0. The normalized spacial score (nSPS) is 9.92. The van der Waals surface area contributed by atoms with Crippen LogP contribution in [0.3, 0.4) is 0 Å². The third-order valence-electron chi connectivity index (χ3n) is 1.51. The molecule has 1 aromatic carbocycles. The van der Waals surface area contributed by atoms with Crippen molar-refractivity contribution in [2.45, 2.75) is 0 Å². The number of benzene rings is 1. The van der Waals surface area contributed by atoms with Gasteiger partial charge in [-0.25, -0.2) is 0 Å². The second-order valence-electron chi connectivity index (χ2n) is 2.37. The molecule has 0 spiro atoms. The highest BCUT2D eigenvalue weighted by atomic mass is 16.5. The van der Waals surface area contributed by atoms with Crippen molar-refractivity contribution in [2.24, 2.45) is 0 Å². The number of nitrogens with one attached hydrogen (secondary N) is 1. The van der Waals surface area contributed by atoms with E-state index in [1.807, 2.05) is 24.3 Å². The molecule has 0 saturated carbocycles. The summed E-state index contributed by atoms with van der Waals surface area (Å²) < 4.78 is 4.99. The smallest absolute Gasteiger partial charge is 0.144 e. The molecular formula is C10H11NO2. The van der Waals surface area contributed by atoms with Crippen LogP contribution in [0.2, 0.25) is 0 Å². The summed E-state index contributed by atoms with van der Waals surface area (Å²) in [7, 11) is 1.62. The Labute approximate surface area is 77.0 Å². The summed E-state index contributed by atoms with van der Waals surface area (Å²) in [5, 5.41) is 2.93. The third-order valence-corrected chi connectivity index (χ3v) is 1.51. The first-order chi connectivity index (χ1) is 6.36. The maximum atomic E-state index is 9.95. The van der Waals surface area contributed by atoms with Gasteiger partial charge in [-0.1, -0.05) is 0 Å². The van der Waals surface area contributed by atoms with Gasteiger partial charge in [-0.3, -0.25) is 4.79 Å². The van der Waals surface area contributed by atoms with Crippen molar-refractivity contribution in [1.29, 1.82) is 0 Å². The van der Waals surface area contributed by atoms with Crippen LogP contribution in [0.4, 0.5) is 5.69 Å². The quantitative estimate of drug-likeness (QED) is 0.563. The second kappa shape index (κ2) is 4.98. The Morgan fingerprint density at radius 3 is 2.54 bits per heavy atom. The molecule has 1 aromatic rings. The second-order valence-corrected chi connectivity index (χ2v) is 2.37. The van der Waals surface area contributed by atoms with Gasteiger partial charge in [0.2, 0.25) is 0 Å². The van der Waals surface area contributed by atoms with E-state index in [-0.39, 0.29) is 0 Å².